The predicted molar refractivity (Wildman–Crippen MR) is 102 cm³/mol. The molecule has 1 saturated heterocycles. The first-order chi connectivity index (χ1) is 11.9. The predicted octanol–water partition coefficient (Wildman–Crippen LogP) is 2.82. The lowest BCUT2D eigenvalue weighted by atomic mass is 9.90. The lowest BCUT2D eigenvalue weighted by Crippen LogP contribution is -3.14. The molecule has 0 spiro atoms. The minimum Gasteiger partial charge on any atom is -0.492 e. The van der Waals surface area contributed by atoms with Crippen LogP contribution >= 0.6 is 22.7 Å². The lowest BCUT2D eigenvalue weighted by molar-refractivity contribution is -0.936. The van der Waals surface area contributed by atoms with Crippen LogP contribution in [0.1, 0.15) is 47.5 Å². The van der Waals surface area contributed by atoms with Crippen LogP contribution in [0.4, 0.5) is 0 Å². The van der Waals surface area contributed by atoms with E-state index in [9.17, 15) is 5.11 Å². The van der Waals surface area contributed by atoms with Crippen molar-refractivity contribution in [2.75, 3.05) is 13.1 Å². The Kier molecular flexibility index (Phi) is 4.33. The molecule has 134 valence electrons. The molecule has 0 radical (unpaired) electrons. The molecule has 3 aromatic heterocycles. The van der Waals surface area contributed by atoms with Gasteiger partial charge in [-0.3, -0.25) is 0 Å². The van der Waals surface area contributed by atoms with Crippen LogP contribution in [0, 0.1) is 25.7 Å². The number of piperidine rings is 1. The van der Waals surface area contributed by atoms with Crippen LogP contribution in [0.3, 0.4) is 0 Å². The van der Waals surface area contributed by atoms with Crippen molar-refractivity contribution in [3.63, 3.8) is 0 Å². The molecule has 4 atom stereocenters. The first kappa shape index (κ1) is 17.0. The van der Waals surface area contributed by atoms with Crippen molar-refractivity contribution in [3.05, 3.63) is 32.6 Å². The number of aromatic nitrogens is 3. The normalized spacial score (nSPS) is 25.5. The van der Waals surface area contributed by atoms with E-state index >= 15 is 0 Å². The number of aryl methyl sites for hydroxylation is 2. The maximum atomic E-state index is 10.9. The van der Waals surface area contributed by atoms with E-state index in [1.165, 1.54) is 16.9 Å². The third kappa shape index (κ3) is 2.98. The Bertz CT molecular complexity index is 886. The average molecular weight is 378 g/mol. The third-order valence-corrected chi connectivity index (χ3v) is 7.33. The maximum Gasteiger partial charge on any atom is 0.235 e. The number of fused-ring (bicyclic) bond motifs is 1. The van der Waals surface area contributed by atoms with Crippen molar-refractivity contribution < 1.29 is 10.0 Å². The van der Waals surface area contributed by atoms with Crippen molar-refractivity contribution in [2.45, 2.75) is 40.2 Å². The van der Waals surface area contributed by atoms with Crippen molar-refractivity contribution in [3.8, 4) is 5.88 Å². The van der Waals surface area contributed by atoms with Crippen LogP contribution in [-0.2, 0) is 0 Å². The summed E-state index contributed by atoms with van der Waals surface area (Å²) in [7, 11) is 0. The molecule has 0 aromatic carbocycles. The van der Waals surface area contributed by atoms with E-state index in [4.69, 9.17) is 0 Å². The Hall–Kier alpha value is -1.44. The highest BCUT2D eigenvalue weighted by Crippen LogP contribution is 2.38. The monoisotopic (exact) mass is 377 g/mol. The largest absolute Gasteiger partial charge is 0.492 e. The van der Waals surface area contributed by atoms with Crippen LogP contribution in [-0.4, -0.2) is 32.8 Å². The Labute approximate surface area is 155 Å². The quantitative estimate of drug-likeness (QED) is 0.738. The molecule has 7 heteroatoms. The number of thiophene rings is 1. The van der Waals surface area contributed by atoms with E-state index in [2.05, 4.69) is 42.3 Å². The summed E-state index contributed by atoms with van der Waals surface area (Å²) in [5.41, 5.74) is 1.31. The van der Waals surface area contributed by atoms with E-state index in [-0.39, 0.29) is 11.9 Å². The molecular weight excluding hydrogens is 352 g/mol. The molecule has 25 heavy (non-hydrogen) atoms. The molecule has 1 unspecified atom stereocenters. The topological polar surface area (TPSA) is 54.9 Å². The van der Waals surface area contributed by atoms with Crippen LogP contribution < -0.4 is 4.90 Å². The Balaban J connectivity index is 1.83. The molecule has 3 aromatic rings. The zero-order valence-electron chi connectivity index (χ0n) is 15.1. The number of likely N-dealkylation sites (tertiary alicyclic amines) is 1. The zero-order valence-corrected chi connectivity index (χ0v) is 16.7. The number of nitrogens with zero attached hydrogens (tertiary/aromatic N) is 3. The van der Waals surface area contributed by atoms with E-state index < -0.39 is 0 Å². The van der Waals surface area contributed by atoms with Gasteiger partial charge in [0.05, 0.1) is 18.0 Å². The van der Waals surface area contributed by atoms with Crippen LogP contribution in [0.2, 0.25) is 0 Å². The Morgan fingerprint density at radius 1 is 1.24 bits per heavy atom. The van der Waals surface area contributed by atoms with Gasteiger partial charge < -0.3 is 10.0 Å². The molecule has 0 amide bonds. The van der Waals surface area contributed by atoms with Crippen molar-refractivity contribution in [1.82, 2.24) is 14.6 Å². The summed E-state index contributed by atoms with van der Waals surface area (Å²) >= 11 is 3.38. The molecule has 1 aliphatic rings. The molecular formula is C18H25N4OS2+. The fourth-order valence-electron chi connectivity index (χ4n) is 4.27. The van der Waals surface area contributed by atoms with E-state index in [1.54, 1.807) is 32.1 Å². The number of hydrogen-bond acceptors (Lipinski definition) is 5. The number of aromatic hydroxyl groups is 1. The van der Waals surface area contributed by atoms with Crippen LogP contribution in [0.15, 0.2) is 11.4 Å². The summed E-state index contributed by atoms with van der Waals surface area (Å²) in [5.74, 6) is 2.36. The lowest BCUT2D eigenvalue weighted by Gasteiger charge is -2.36. The van der Waals surface area contributed by atoms with Crippen LogP contribution in [0.5, 0.6) is 5.88 Å². The molecule has 2 N–H and O–H groups in total. The Morgan fingerprint density at radius 2 is 1.96 bits per heavy atom. The summed E-state index contributed by atoms with van der Waals surface area (Å²) < 4.78 is 1.60. The highest BCUT2D eigenvalue weighted by molar-refractivity contribution is 7.17. The van der Waals surface area contributed by atoms with Gasteiger partial charge in [-0.25, -0.2) is 4.98 Å². The summed E-state index contributed by atoms with van der Waals surface area (Å²) in [4.78, 5) is 9.14. The van der Waals surface area contributed by atoms with Gasteiger partial charge in [0.15, 0.2) is 6.04 Å². The average Bonchev–Trinajstić information content (AvgIpc) is 3.18. The number of thiazole rings is 1. The number of nitrogens with one attached hydrogen (secondary N) is 1. The molecule has 1 aliphatic heterocycles. The smallest absolute Gasteiger partial charge is 0.235 e. The van der Waals surface area contributed by atoms with Gasteiger partial charge >= 0.3 is 0 Å². The van der Waals surface area contributed by atoms with Gasteiger partial charge in [0.25, 0.3) is 0 Å². The second-order valence-electron chi connectivity index (χ2n) is 7.56. The zero-order chi connectivity index (χ0) is 17.7. The second kappa shape index (κ2) is 6.37. The fraction of sp³-hybridized carbons (Fsp3) is 0.556. The maximum absolute atomic E-state index is 10.9. The number of rotatable bonds is 3. The highest BCUT2D eigenvalue weighted by atomic mass is 32.1. The SMILES string of the molecule is Cc1nc2sc([C@H](c3sccc3C)[NH+]3C[C@H](C)C[C@H](C)C3)c(O)n2n1. The minimum absolute atomic E-state index is 0.166. The summed E-state index contributed by atoms with van der Waals surface area (Å²) in [6.45, 7) is 11.0. The van der Waals surface area contributed by atoms with Crippen molar-refractivity contribution >= 4 is 27.6 Å². The van der Waals surface area contributed by atoms with E-state index in [0.717, 1.165) is 22.9 Å². The van der Waals surface area contributed by atoms with Crippen molar-refractivity contribution in [1.29, 1.82) is 0 Å². The summed E-state index contributed by atoms with van der Waals surface area (Å²) in [5, 5.41) is 17.4. The van der Waals surface area contributed by atoms with Gasteiger partial charge in [0.2, 0.25) is 10.8 Å². The Morgan fingerprint density at radius 3 is 2.56 bits per heavy atom. The van der Waals surface area contributed by atoms with Crippen molar-refractivity contribution in [2.24, 2.45) is 11.8 Å². The third-order valence-electron chi connectivity index (χ3n) is 5.17. The summed E-state index contributed by atoms with van der Waals surface area (Å²) in [6, 6.07) is 2.35. The molecule has 0 bridgehead atoms. The van der Waals surface area contributed by atoms with E-state index in [1.807, 2.05) is 6.92 Å². The standard InChI is InChI=1S/C18H24N4OS2/c1-10-7-11(2)9-21(8-10)14(15-12(3)5-6-24-15)16-17(23)22-18(25-16)19-13(4)20-22/h5-6,10-11,14,23H,7-9H2,1-4H3/p+1/t10-,11+,14-/m0/s1. The summed E-state index contributed by atoms with van der Waals surface area (Å²) in [6.07, 6.45) is 1.29. The molecule has 5 nitrogen and oxygen atoms in total. The first-order valence-electron chi connectivity index (χ1n) is 8.87. The second-order valence-corrected chi connectivity index (χ2v) is 9.51. The number of hydrogen-bond donors (Lipinski definition) is 2. The van der Waals surface area contributed by atoms with Gasteiger partial charge in [-0.1, -0.05) is 25.2 Å². The van der Waals surface area contributed by atoms with E-state index in [0.29, 0.717) is 17.7 Å². The number of quaternary nitrogens is 1. The highest BCUT2D eigenvalue weighted by Gasteiger charge is 2.38. The van der Waals surface area contributed by atoms with Gasteiger partial charge in [-0.15, -0.1) is 16.4 Å². The van der Waals surface area contributed by atoms with Gasteiger partial charge in [0, 0.05) is 11.8 Å². The molecule has 4 heterocycles. The molecule has 1 fully saturated rings. The van der Waals surface area contributed by atoms with Gasteiger partial charge in [-0.05, 0) is 37.3 Å². The first-order valence-corrected chi connectivity index (χ1v) is 10.6. The van der Waals surface area contributed by atoms with Crippen LogP contribution in [0.25, 0.3) is 4.96 Å². The fourth-order valence-corrected chi connectivity index (χ4v) is 6.61. The minimum atomic E-state index is 0.166. The molecule has 4 rings (SSSR count). The molecule has 0 saturated carbocycles. The van der Waals surface area contributed by atoms with Gasteiger partial charge in [-0.2, -0.15) is 4.52 Å². The van der Waals surface area contributed by atoms with Gasteiger partial charge in [0.1, 0.15) is 10.7 Å². The molecule has 0 aliphatic carbocycles.